The SMILES string of the molecule is CC(CN=C1NC(C)(C)CS1)C1CC1. The van der Waals surface area contributed by atoms with E-state index in [1.165, 1.54) is 12.8 Å². The summed E-state index contributed by atoms with van der Waals surface area (Å²) in [6.07, 6.45) is 2.86. The van der Waals surface area contributed by atoms with E-state index >= 15 is 0 Å². The zero-order valence-electron chi connectivity index (χ0n) is 9.34. The summed E-state index contributed by atoms with van der Waals surface area (Å²) in [6.45, 7) is 7.79. The fourth-order valence-corrected chi connectivity index (χ4v) is 2.82. The summed E-state index contributed by atoms with van der Waals surface area (Å²) < 4.78 is 0. The van der Waals surface area contributed by atoms with Crippen molar-refractivity contribution in [3.63, 3.8) is 0 Å². The molecule has 14 heavy (non-hydrogen) atoms. The van der Waals surface area contributed by atoms with Gasteiger partial charge < -0.3 is 5.32 Å². The Kier molecular flexibility index (Phi) is 2.78. The monoisotopic (exact) mass is 212 g/mol. The maximum absolute atomic E-state index is 4.65. The number of nitrogens with zero attached hydrogens (tertiary/aromatic N) is 1. The first kappa shape index (κ1) is 10.3. The Labute approximate surface area is 90.9 Å². The first-order chi connectivity index (χ1) is 6.57. The third-order valence-corrected chi connectivity index (χ3v) is 4.34. The molecule has 0 spiro atoms. The van der Waals surface area contributed by atoms with Gasteiger partial charge in [-0.05, 0) is 38.5 Å². The van der Waals surface area contributed by atoms with Crippen LogP contribution in [0.3, 0.4) is 0 Å². The average molecular weight is 212 g/mol. The van der Waals surface area contributed by atoms with Crippen LogP contribution in [-0.2, 0) is 0 Å². The molecule has 80 valence electrons. The van der Waals surface area contributed by atoms with Gasteiger partial charge in [0, 0.05) is 17.8 Å². The van der Waals surface area contributed by atoms with Gasteiger partial charge in [0.05, 0.1) is 0 Å². The molecule has 0 aromatic heterocycles. The molecular formula is C11H20N2S. The van der Waals surface area contributed by atoms with Crippen LogP contribution in [0.4, 0.5) is 0 Å². The predicted octanol–water partition coefficient (Wildman–Crippen LogP) is 2.50. The lowest BCUT2D eigenvalue weighted by Gasteiger charge is -2.16. The van der Waals surface area contributed by atoms with Crippen LogP contribution in [0.15, 0.2) is 4.99 Å². The van der Waals surface area contributed by atoms with E-state index in [4.69, 9.17) is 0 Å². The molecule has 3 heteroatoms. The first-order valence-corrected chi connectivity index (χ1v) is 6.51. The summed E-state index contributed by atoms with van der Waals surface area (Å²) in [7, 11) is 0. The zero-order valence-corrected chi connectivity index (χ0v) is 10.2. The summed E-state index contributed by atoms with van der Waals surface area (Å²) in [5, 5.41) is 4.61. The highest BCUT2D eigenvalue weighted by atomic mass is 32.2. The molecule has 2 nitrogen and oxygen atoms in total. The molecule has 0 radical (unpaired) electrons. The summed E-state index contributed by atoms with van der Waals surface area (Å²) in [5.74, 6) is 2.90. The van der Waals surface area contributed by atoms with Crippen molar-refractivity contribution in [2.24, 2.45) is 16.8 Å². The van der Waals surface area contributed by atoms with Crippen molar-refractivity contribution in [3.05, 3.63) is 0 Å². The van der Waals surface area contributed by atoms with Crippen LogP contribution >= 0.6 is 11.8 Å². The van der Waals surface area contributed by atoms with E-state index in [-0.39, 0.29) is 5.54 Å². The zero-order chi connectivity index (χ0) is 10.2. The molecule has 2 fully saturated rings. The number of thioether (sulfide) groups is 1. The number of rotatable bonds is 3. The molecule has 1 saturated heterocycles. The van der Waals surface area contributed by atoms with Crippen LogP contribution in [0.25, 0.3) is 0 Å². The molecule has 1 heterocycles. The van der Waals surface area contributed by atoms with Gasteiger partial charge in [-0.15, -0.1) is 0 Å². The van der Waals surface area contributed by atoms with Crippen molar-refractivity contribution in [1.82, 2.24) is 5.32 Å². The fourth-order valence-electron chi connectivity index (χ4n) is 1.74. The minimum atomic E-state index is 0.242. The quantitative estimate of drug-likeness (QED) is 0.777. The van der Waals surface area contributed by atoms with Gasteiger partial charge >= 0.3 is 0 Å². The maximum atomic E-state index is 4.65. The van der Waals surface area contributed by atoms with E-state index in [9.17, 15) is 0 Å². The Bertz CT molecular complexity index is 244. The van der Waals surface area contributed by atoms with Crippen molar-refractivity contribution in [2.75, 3.05) is 12.3 Å². The molecule has 0 aromatic rings. The number of nitrogens with one attached hydrogen (secondary N) is 1. The minimum Gasteiger partial charge on any atom is -0.359 e. The van der Waals surface area contributed by atoms with E-state index in [1.54, 1.807) is 0 Å². The van der Waals surface area contributed by atoms with Gasteiger partial charge in [0.1, 0.15) is 0 Å². The molecule has 2 aliphatic rings. The molecule has 1 N–H and O–H groups in total. The number of aliphatic imine (C=N–C) groups is 1. The fraction of sp³-hybridized carbons (Fsp3) is 0.909. The van der Waals surface area contributed by atoms with Crippen LogP contribution in [0.2, 0.25) is 0 Å². The van der Waals surface area contributed by atoms with Crippen LogP contribution < -0.4 is 5.32 Å². The van der Waals surface area contributed by atoms with Crippen molar-refractivity contribution >= 4 is 16.9 Å². The van der Waals surface area contributed by atoms with Crippen LogP contribution in [0, 0.1) is 11.8 Å². The van der Waals surface area contributed by atoms with Crippen molar-refractivity contribution in [2.45, 2.75) is 39.2 Å². The van der Waals surface area contributed by atoms with E-state index in [2.05, 4.69) is 31.1 Å². The highest BCUT2D eigenvalue weighted by Gasteiger charge is 2.29. The van der Waals surface area contributed by atoms with Gasteiger partial charge in [-0.2, -0.15) is 0 Å². The topological polar surface area (TPSA) is 24.4 Å². The molecule has 1 aliphatic carbocycles. The molecule has 0 amide bonds. The maximum Gasteiger partial charge on any atom is 0.157 e. The van der Waals surface area contributed by atoms with Gasteiger partial charge in [0.2, 0.25) is 0 Å². The van der Waals surface area contributed by atoms with Gasteiger partial charge in [0.25, 0.3) is 0 Å². The van der Waals surface area contributed by atoms with Crippen molar-refractivity contribution < 1.29 is 0 Å². The molecule has 0 aromatic carbocycles. The van der Waals surface area contributed by atoms with E-state index < -0.39 is 0 Å². The highest BCUT2D eigenvalue weighted by Crippen LogP contribution is 2.36. The van der Waals surface area contributed by atoms with Gasteiger partial charge in [0.15, 0.2) is 5.17 Å². The number of hydrogen-bond donors (Lipinski definition) is 1. The van der Waals surface area contributed by atoms with Crippen molar-refractivity contribution in [1.29, 1.82) is 0 Å². The number of hydrogen-bond acceptors (Lipinski definition) is 2. The van der Waals surface area contributed by atoms with Crippen LogP contribution in [-0.4, -0.2) is 23.0 Å². The van der Waals surface area contributed by atoms with Gasteiger partial charge in [-0.1, -0.05) is 18.7 Å². The highest BCUT2D eigenvalue weighted by molar-refractivity contribution is 8.14. The van der Waals surface area contributed by atoms with E-state index in [0.717, 1.165) is 29.3 Å². The summed E-state index contributed by atoms with van der Waals surface area (Å²) in [6, 6.07) is 0. The second kappa shape index (κ2) is 3.76. The molecule has 0 bridgehead atoms. The average Bonchev–Trinajstić information content (AvgIpc) is 2.88. The Morgan fingerprint density at radius 2 is 2.29 bits per heavy atom. The Morgan fingerprint density at radius 3 is 2.79 bits per heavy atom. The Morgan fingerprint density at radius 1 is 1.57 bits per heavy atom. The largest absolute Gasteiger partial charge is 0.359 e. The summed E-state index contributed by atoms with van der Waals surface area (Å²) in [4.78, 5) is 4.65. The summed E-state index contributed by atoms with van der Waals surface area (Å²) >= 11 is 1.86. The Balaban J connectivity index is 1.80. The first-order valence-electron chi connectivity index (χ1n) is 5.52. The molecule has 1 aliphatic heterocycles. The lowest BCUT2D eigenvalue weighted by Crippen LogP contribution is -2.37. The molecule has 1 unspecified atom stereocenters. The lowest BCUT2D eigenvalue weighted by atomic mass is 10.1. The van der Waals surface area contributed by atoms with Crippen molar-refractivity contribution in [3.8, 4) is 0 Å². The summed E-state index contributed by atoms with van der Waals surface area (Å²) in [5.41, 5.74) is 0.242. The van der Waals surface area contributed by atoms with Crippen LogP contribution in [0.5, 0.6) is 0 Å². The number of amidine groups is 1. The third-order valence-electron chi connectivity index (χ3n) is 2.96. The van der Waals surface area contributed by atoms with E-state index in [0.29, 0.717) is 0 Å². The second-order valence-electron chi connectivity index (χ2n) is 5.26. The molecular weight excluding hydrogens is 192 g/mol. The predicted molar refractivity (Wildman–Crippen MR) is 63.9 cm³/mol. The minimum absolute atomic E-state index is 0.242. The van der Waals surface area contributed by atoms with Gasteiger partial charge in [-0.25, -0.2) is 0 Å². The normalized spacial score (nSPS) is 30.4. The van der Waals surface area contributed by atoms with Gasteiger partial charge in [-0.3, -0.25) is 4.99 Å². The lowest BCUT2D eigenvalue weighted by molar-refractivity contribution is 0.514. The van der Waals surface area contributed by atoms with Crippen LogP contribution in [0.1, 0.15) is 33.6 Å². The standard InChI is InChI=1S/C11H20N2S/c1-8(9-4-5-9)6-12-10-13-11(2,3)7-14-10/h8-9H,4-7H2,1-3H3,(H,12,13). The smallest absolute Gasteiger partial charge is 0.157 e. The Hall–Kier alpha value is -0.180. The van der Waals surface area contributed by atoms with E-state index in [1.807, 2.05) is 11.8 Å². The molecule has 2 rings (SSSR count). The molecule has 1 atom stereocenters. The third kappa shape index (κ3) is 2.66. The second-order valence-corrected chi connectivity index (χ2v) is 6.22. The molecule has 1 saturated carbocycles.